The molecule has 0 aliphatic carbocycles. The van der Waals surface area contributed by atoms with Crippen LogP contribution in [-0.2, 0) is 22.6 Å². The molecule has 0 radical (unpaired) electrons. The van der Waals surface area contributed by atoms with E-state index in [0.717, 1.165) is 11.1 Å². The van der Waals surface area contributed by atoms with Gasteiger partial charge in [0, 0.05) is 19.3 Å². The molecule has 0 saturated carbocycles. The molecule has 1 atom stereocenters. The molecule has 5 heteroatoms. The van der Waals surface area contributed by atoms with Crippen molar-refractivity contribution < 1.29 is 14.3 Å². The summed E-state index contributed by atoms with van der Waals surface area (Å²) in [6.07, 6.45) is 0.599. The molecule has 0 unspecified atom stereocenters. The summed E-state index contributed by atoms with van der Waals surface area (Å²) in [5.74, 6) is -0.863. The van der Waals surface area contributed by atoms with Gasteiger partial charge in [-0.05, 0) is 30.2 Å². The van der Waals surface area contributed by atoms with Crippen molar-refractivity contribution in [3.63, 3.8) is 0 Å². The van der Waals surface area contributed by atoms with E-state index in [1.54, 1.807) is 30.0 Å². The van der Waals surface area contributed by atoms with Gasteiger partial charge >= 0.3 is 5.97 Å². The van der Waals surface area contributed by atoms with Gasteiger partial charge in [0.25, 0.3) is 5.91 Å². The topological polar surface area (TPSA) is 59.5 Å². The molecule has 0 aliphatic heterocycles. The number of hydrogen-bond donors (Lipinski definition) is 0. The van der Waals surface area contributed by atoms with Crippen LogP contribution in [0, 0.1) is 0 Å². The third kappa shape index (κ3) is 5.27. The molecule has 0 bridgehead atoms. The second kappa shape index (κ2) is 9.46. The number of aromatic nitrogens is 1. The predicted octanol–water partition coefficient (Wildman–Crippen LogP) is 3.86. The van der Waals surface area contributed by atoms with Gasteiger partial charge in [-0.25, -0.2) is 9.78 Å². The van der Waals surface area contributed by atoms with E-state index in [2.05, 4.69) is 4.98 Å². The highest BCUT2D eigenvalue weighted by Crippen LogP contribution is 2.13. The third-order valence-electron chi connectivity index (χ3n) is 4.25. The number of carbonyl (C=O) groups excluding carboxylic acids is 2. The van der Waals surface area contributed by atoms with Crippen molar-refractivity contribution in [2.75, 3.05) is 0 Å². The second-order valence-electron chi connectivity index (χ2n) is 6.43. The number of amides is 1. The van der Waals surface area contributed by atoms with Crippen molar-refractivity contribution in [1.82, 2.24) is 9.88 Å². The Morgan fingerprint density at radius 2 is 1.39 bits per heavy atom. The first-order valence-corrected chi connectivity index (χ1v) is 9.12. The number of ether oxygens (including phenoxy) is 1. The Morgan fingerprint density at radius 3 is 1.89 bits per heavy atom. The lowest BCUT2D eigenvalue weighted by molar-refractivity contribution is -0.141. The Hall–Kier alpha value is -3.47. The number of hydrogen-bond acceptors (Lipinski definition) is 4. The molecule has 3 rings (SSSR count). The van der Waals surface area contributed by atoms with Crippen molar-refractivity contribution in [2.45, 2.75) is 26.1 Å². The Bertz CT molecular complexity index is 857. The van der Waals surface area contributed by atoms with E-state index in [9.17, 15) is 9.59 Å². The van der Waals surface area contributed by atoms with Crippen LogP contribution in [0.5, 0.6) is 0 Å². The summed E-state index contributed by atoms with van der Waals surface area (Å²) >= 11 is 0. The van der Waals surface area contributed by atoms with Crippen LogP contribution >= 0.6 is 0 Å². The molecule has 0 spiro atoms. The average Bonchev–Trinajstić information content (AvgIpc) is 2.75. The van der Waals surface area contributed by atoms with Crippen LogP contribution in [0.25, 0.3) is 0 Å². The Balaban J connectivity index is 1.74. The smallest absolute Gasteiger partial charge is 0.357 e. The van der Waals surface area contributed by atoms with Crippen LogP contribution in [-0.4, -0.2) is 27.9 Å². The maximum Gasteiger partial charge on any atom is 0.357 e. The maximum atomic E-state index is 13.0. The lowest BCUT2D eigenvalue weighted by atomic mass is 10.1. The minimum atomic E-state index is -0.915. The zero-order valence-corrected chi connectivity index (χ0v) is 15.7. The molecule has 142 valence electrons. The fourth-order valence-corrected chi connectivity index (χ4v) is 2.83. The quantitative estimate of drug-likeness (QED) is 0.589. The summed E-state index contributed by atoms with van der Waals surface area (Å²) in [7, 11) is 0. The van der Waals surface area contributed by atoms with E-state index >= 15 is 0 Å². The maximum absolute atomic E-state index is 13.0. The van der Waals surface area contributed by atoms with Gasteiger partial charge in [0.05, 0.1) is 0 Å². The molecule has 2 aromatic carbocycles. The first kappa shape index (κ1) is 19.3. The van der Waals surface area contributed by atoms with Crippen LogP contribution in [0.4, 0.5) is 0 Å². The van der Waals surface area contributed by atoms with Crippen LogP contribution in [0.2, 0.25) is 0 Å². The molecular formula is C23H22N2O3. The molecule has 0 N–H and O–H groups in total. The van der Waals surface area contributed by atoms with Crippen LogP contribution in [0.1, 0.15) is 28.5 Å². The molecule has 0 fully saturated rings. The molecule has 1 heterocycles. The first-order valence-electron chi connectivity index (χ1n) is 9.12. The highest BCUT2D eigenvalue weighted by atomic mass is 16.5. The first-order chi connectivity index (χ1) is 13.6. The largest absolute Gasteiger partial charge is 0.448 e. The summed E-state index contributed by atoms with van der Waals surface area (Å²) < 4.78 is 5.36. The van der Waals surface area contributed by atoms with Gasteiger partial charge < -0.3 is 9.64 Å². The fourth-order valence-electron chi connectivity index (χ4n) is 2.83. The van der Waals surface area contributed by atoms with Gasteiger partial charge in [0.2, 0.25) is 0 Å². The van der Waals surface area contributed by atoms with E-state index in [1.807, 2.05) is 60.7 Å². The van der Waals surface area contributed by atoms with Gasteiger partial charge in [-0.3, -0.25) is 4.79 Å². The lowest BCUT2D eigenvalue weighted by Crippen LogP contribution is -2.39. The standard InChI is InChI=1S/C23H22N2O3/c1-18(28-23(27)21-14-8-9-15-24-21)22(26)25(16-19-10-4-2-5-11-19)17-20-12-6-3-7-13-20/h2-15,18H,16-17H2,1H3/t18-/m1/s1. The minimum Gasteiger partial charge on any atom is -0.448 e. The summed E-state index contributed by atoms with van der Waals surface area (Å²) in [6.45, 7) is 2.45. The molecule has 0 saturated heterocycles. The summed E-state index contributed by atoms with van der Waals surface area (Å²) in [4.78, 5) is 31.0. The zero-order valence-electron chi connectivity index (χ0n) is 15.7. The number of nitrogens with zero attached hydrogens (tertiary/aromatic N) is 2. The number of pyridine rings is 1. The van der Waals surface area contributed by atoms with E-state index in [0.29, 0.717) is 13.1 Å². The van der Waals surface area contributed by atoms with Crippen molar-refractivity contribution in [2.24, 2.45) is 0 Å². The Labute approximate surface area is 164 Å². The molecule has 5 nitrogen and oxygen atoms in total. The Morgan fingerprint density at radius 1 is 0.857 bits per heavy atom. The zero-order chi connectivity index (χ0) is 19.8. The SMILES string of the molecule is C[C@@H](OC(=O)c1ccccn1)C(=O)N(Cc1ccccc1)Cc1ccccc1. The van der Waals surface area contributed by atoms with Gasteiger partial charge in [-0.15, -0.1) is 0 Å². The van der Waals surface area contributed by atoms with Gasteiger partial charge in [0.1, 0.15) is 5.69 Å². The van der Waals surface area contributed by atoms with E-state index in [1.165, 1.54) is 6.20 Å². The van der Waals surface area contributed by atoms with E-state index in [-0.39, 0.29) is 11.6 Å². The monoisotopic (exact) mass is 374 g/mol. The highest BCUT2D eigenvalue weighted by molar-refractivity contribution is 5.90. The lowest BCUT2D eigenvalue weighted by Gasteiger charge is -2.26. The van der Waals surface area contributed by atoms with Crippen molar-refractivity contribution in [3.8, 4) is 0 Å². The summed E-state index contributed by atoms with van der Waals surface area (Å²) in [5.41, 5.74) is 2.20. The third-order valence-corrected chi connectivity index (χ3v) is 4.25. The molecule has 0 aliphatic rings. The number of rotatable bonds is 7. The van der Waals surface area contributed by atoms with Crippen LogP contribution < -0.4 is 0 Å². The molecule has 1 amide bonds. The van der Waals surface area contributed by atoms with Gasteiger partial charge in [-0.1, -0.05) is 66.7 Å². The van der Waals surface area contributed by atoms with Crippen LogP contribution in [0.15, 0.2) is 85.1 Å². The molecule has 1 aromatic heterocycles. The van der Waals surface area contributed by atoms with Gasteiger partial charge in [-0.2, -0.15) is 0 Å². The van der Waals surface area contributed by atoms with E-state index < -0.39 is 12.1 Å². The van der Waals surface area contributed by atoms with E-state index in [4.69, 9.17) is 4.74 Å². The number of esters is 1. The summed E-state index contributed by atoms with van der Waals surface area (Å²) in [6, 6.07) is 24.5. The normalized spacial score (nSPS) is 11.5. The average molecular weight is 374 g/mol. The summed E-state index contributed by atoms with van der Waals surface area (Å²) in [5, 5.41) is 0. The second-order valence-corrected chi connectivity index (χ2v) is 6.43. The molecular weight excluding hydrogens is 352 g/mol. The van der Waals surface area contributed by atoms with Gasteiger partial charge in [0.15, 0.2) is 6.10 Å². The van der Waals surface area contributed by atoms with Crippen LogP contribution in [0.3, 0.4) is 0 Å². The van der Waals surface area contributed by atoms with Crippen molar-refractivity contribution in [3.05, 3.63) is 102 Å². The fraction of sp³-hybridized carbons (Fsp3) is 0.174. The number of benzene rings is 2. The van der Waals surface area contributed by atoms with Crippen molar-refractivity contribution in [1.29, 1.82) is 0 Å². The number of carbonyl (C=O) groups is 2. The minimum absolute atomic E-state index is 0.180. The highest BCUT2D eigenvalue weighted by Gasteiger charge is 2.25. The predicted molar refractivity (Wildman–Crippen MR) is 106 cm³/mol. The molecule has 3 aromatic rings. The Kier molecular flexibility index (Phi) is 6.52. The van der Waals surface area contributed by atoms with Crippen molar-refractivity contribution >= 4 is 11.9 Å². The molecule has 28 heavy (non-hydrogen) atoms.